The fourth-order valence-electron chi connectivity index (χ4n) is 3.70. The Labute approximate surface area is 168 Å². The van der Waals surface area contributed by atoms with Crippen LogP contribution in [0.25, 0.3) is 5.69 Å². The van der Waals surface area contributed by atoms with Crippen LogP contribution in [0.2, 0.25) is 0 Å². The first-order valence-corrected chi connectivity index (χ1v) is 10.3. The second kappa shape index (κ2) is 9.73. The van der Waals surface area contributed by atoms with Gasteiger partial charge in [-0.1, -0.05) is 24.6 Å². The molecule has 6 heteroatoms. The molecule has 0 unspecified atom stereocenters. The van der Waals surface area contributed by atoms with Crippen molar-refractivity contribution in [3.8, 4) is 5.69 Å². The molecule has 28 heavy (non-hydrogen) atoms. The summed E-state index contributed by atoms with van der Waals surface area (Å²) in [5.74, 6) is 0.873. The number of hydrogen-bond donors (Lipinski definition) is 2. The first kappa shape index (κ1) is 20.4. The summed E-state index contributed by atoms with van der Waals surface area (Å²) < 4.78 is 7.23. The van der Waals surface area contributed by atoms with Crippen LogP contribution in [0.3, 0.4) is 0 Å². The molecule has 0 atom stereocenters. The number of methoxy groups -OCH3 is 1. The van der Waals surface area contributed by atoms with Crippen LogP contribution in [0.15, 0.2) is 41.5 Å². The third-order valence-electron chi connectivity index (χ3n) is 5.59. The second-order valence-corrected chi connectivity index (χ2v) is 7.68. The summed E-state index contributed by atoms with van der Waals surface area (Å²) in [6.07, 6.45) is 6.96. The van der Waals surface area contributed by atoms with E-state index in [1.165, 1.54) is 19.3 Å². The SMILES string of the molecule is CCNC(=NCc1ccccc1-n1ccc(C)n1)NCC1(CCOC)CCC1. The van der Waals surface area contributed by atoms with Gasteiger partial charge in [-0.25, -0.2) is 9.67 Å². The second-order valence-electron chi connectivity index (χ2n) is 7.68. The van der Waals surface area contributed by atoms with Crippen LogP contribution >= 0.6 is 0 Å². The maximum atomic E-state index is 5.31. The number of nitrogens with one attached hydrogen (secondary N) is 2. The van der Waals surface area contributed by atoms with Gasteiger partial charge in [0.15, 0.2) is 5.96 Å². The zero-order chi connectivity index (χ0) is 19.8. The number of rotatable bonds is 9. The number of guanidine groups is 1. The van der Waals surface area contributed by atoms with Crippen molar-refractivity contribution < 1.29 is 4.74 Å². The molecule has 1 saturated carbocycles. The lowest BCUT2D eigenvalue weighted by Gasteiger charge is -2.42. The van der Waals surface area contributed by atoms with E-state index < -0.39 is 0 Å². The smallest absolute Gasteiger partial charge is 0.191 e. The number of aliphatic imine (C=N–C) groups is 1. The highest BCUT2D eigenvalue weighted by atomic mass is 16.5. The molecule has 1 heterocycles. The maximum Gasteiger partial charge on any atom is 0.191 e. The Kier molecular flexibility index (Phi) is 7.09. The van der Waals surface area contributed by atoms with Crippen LogP contribution in [0.5, 0.6) is 0 Å². The van der Waals surface area contributed by atoms with Crippen molar-refractivity contribution in [2.24, 2.45) is 10.4 Å². The fraction of sp³-hybridized carbons (Fsp3) is 0.545. The van der Waals surface area contributed by atoms with Crippen molar-refractivity contribution in [3.05, 3.63) is 47.8 Å². The van der Waals surface area contributed by atoms with Crippen molar-refractivity contribution in [1.82, 2.24) is 20.4 Å². The van der Waals surface area contributed by atoms with E-state index >= 15 is 0 Å². The van der Waals surface area contributed by atoms with Crippen molar-refractivity contribution in [1.29, 1.82) is 0 Å². The van der Waals surface area contributed by atoms with Gasteiger partial charge in [-0.2, -0.15) is 5.10 Å². The molecule has 0 saturated heterocycles. The molecule has 0 amide bonds. The Morgan fingerprint density at radius 1 is 1.25 bits per heavy atom. The molecule has 0 bridgehead atoms. The summed E-state index contributed by atoms with van der Waals surface area (Å²) in [7, 11) is 1.78. The standard InChI is InChI=1S/C22H33N5O/c1-4-23-21(25-17-22(11-7-12-22)13-15-28-3)24-16-19-8-5-6-9-20(19)27-14-10-18(2)26-27/h5-6,8-10,14H,4,7,11-13,15-17H2,1-3H3,(H2,23,24,25). The molecule has 1 aromatic heterocycles. The Hall–Kier alpha value is -2.34. The van der Waals surface area contributed by atoms with Crippen molar-refractivity contribution >= 4 is 5.96 Å². The quantitative estimate of drug-likeness (QED) is 0.514. The van der Waals surface area contributed by atoms with Crippen LogP contribution in [0.4, 0.5) is 0 Å². The topological polar surface area (TPSA) is 63.5 Å². The van der Waals surface area contributed by atoms with Gasteiger partial charge in [-0.15, -0.1) is 0 Å². The van der Waals surface area contributed by atoms with E-state index in [4.69, 9.17) is 9.73 Å². The lowest BCUT2D eigenvalue weighted by atomic mass is 9.67. The van der Waals surface area contributed by atoms with Gasteiger partial charge in [0, 0.05) is 33.0 Å². The first-order valence-electron chi connectivity index (χ1n) is 10.3. The molecule has 2 N–H and O–H groups in total. The Bertz CT molecular complexity index is 779. The molecule has 1 aromatic carbocycles. The van der Waals surface area contributed by atoms with Gasteiger partial charge in [0.25, 0.3) is 0 Å². The molecule has 2 aromatic rings. The molecule has 152 valence electrons. The maximum absolute atomic E-state index is 5.31. The number of nitrogens with zero attached hydrogens (tertiary/aromatic N) is 3. The molecule has 0 spiro atoms. The van der Waals surface area contributed by atoms with Crippen LogP contribution < -0.4 is 10.6 Å². The highest BCUT2D eigenvalue weighted by molar-refractivity contribution is 5.79. The van der Waals surface area contributed by atoms with E-state index in [2.05, 4.69) is 40.9 Å². The minimum absolute atomic E-state index is 0.358. The van der Waals surface area contributed by atoms with Gasteiger partial charge in [0.05, 0.1) is 17.9 Å². The molecule has 0 radical (unpaired) electrons. The van der Waals surface area contributed by atoms with E-state index in [9.17, 15) is 0 Å². The summed E-state index contributed by atoms with van der Waals surface area (Å²) in [6.45, 7) is 7.33. The molecule has 1 aliphatic carbocycles. The summed E-state index contributed by atoms with van der Waals surface area (Å²) in [6, 6.07) is 10.3. The van der Waals surface area contributed by atoms with Crippen LogP contribution in [0.1, 0.15) is 43.9 Å². The Morgan fingerprint density at radius 3 is 2.71 bits per heavy atom. The summed E-state index contributed by atoms with van der Waals surface area (Å²) in [5, 5.41) is 11.5. The van der Waals surface area contributed by atoms with E-state index in [1.54, 1.807) is 7.11 Å². The average Bonchev–Trinajstić information content (AvgIpc) is 3.11. The third-order valence-corrected chi connectivity index (χ3v) is 5.59. The number of aryl methyl sites for hydroxylation is 1. The number of para-hydroxylation sites is 1. The Balaban J connectivity index is 1.68. The number of aromatic nitrogens is 2. The largest absolute Gasteiger partial charge is 0.385 e. The van der Waals surface area contributed by atoms with Crippen molar-refractivity contribution in [2.75, 3.05) is 26.8 Å². The van der Waals surface area contributed by atoms with Gasteiger partial charge in [-0.05, 0) is 56.2 Å². The normalized spacial score (nSPS) is 15.9. The van der Waals surface area contributed by atoms with E-state index in [0.29, 0.717) is 12.0 Å². The van der Waals surface area contributed by atoms with Crippen molar-refractivity contribution in [2.45, 2.75) is 46.1 Å². The van der Waals surface area contributed by atoms with Crippen LogP contribution in [0, 0.1) is 12.3 Å². The number of benzene rings is 1. The summed E-state index contributed by atoms with van der Waals surface area (Å²) >= 11 is 0. The van der Waals surface area contributed by atoms with Gasteiger partial charge < -0.3 is 15.4 Å². The minimum Gasteiger partial charge on any atom is -0.385 e. The van der Waals surface area contributed by atoms with E-state index in [-0.39, 0.29) is 0 Å². The lowest BCUT2D eigenvalue weighted by Crippen LogP contribution is -2.47. The average molecular weight is 384 g/mol. The first-order chi connectivity index (χ1) is 13.7. The fourth-order valence-corrected chi connectivity index (χ4v) is 3.70. The number of ether oxygens (including phenoxy) is 1. The molecular weight excluding hydrogens is 350 g/mol. The zero-order valence-corrected chi connectivity index (χ0v) is 17.4. The van der Waals surface area contributed by atoms with Gasteiger partial charge in [0.1, 0.15) is 0 Å². The highest BCUT2D eigenvalue weighted by Gasteiger charge is 2.36. The third kappa shape index (κ3) is 5.13. The molecule has 3 rings (SSSR count). The molecule has 1 aliphatic rings. The van der Waals surface area contributed by atoms with Gasteiger partial charge in [-0.3, -0.25) is 0 Å². The summed E-state index contributed by atoms with van der Waals surface area (Å²) in [5.41, 5.74) is 3.60. The Morgan fingerprint density at radius 2 is 2.07 bits per heavy atom. The number of hydrogen-bond acceptors (Lipinski definition) is 3. The summed E-state index contributed by atoms with van der Waals surface area (Å²) in [4.78, 5) is 4.84. The zero-order valence-electron chi connectivity index (χ0n) is 17.4. The molecule has 1 fully saturated rings. The monoisotopic (exact) mass is 383 g/mol. The van der Waals surface area contributed by atoms with Crippen molar-refractivity contribution in [3.63, 3.8) is 0 Å². The minimum atomic E-state index is 0.358. The molecule has 6 nitrogen and oxygen atoms in total. The molecular formula is C22H33N5O. The highest BCUT2D eigenvalue weighted by Crippen LogP contribution is 2.43. The predicted molar refractivity (Wildman–Crippen MR) is 114 cm³/mol. The predicted octanol–water partition coefficient (Wildman–Crippen LogP) is 3.44. The van der Waals surface area contributed by atoms with Crippen LogP contribution in [-0.2, 0) is 11.3 Å². The van der Waals surface area contributed by atoms with Gasteiger partial charge >= 0.3 is 0 Å². The lowest BCUT2D eigenvalue weighted by molar-refractivity contribution is 0.0732. The van der Waals surface area contributed by atoms with E-state index in [0.717, 1.165) is 49.0 Å². The van der Waals surface area contributed by atoms with E-state index in [1.807, 2.05) is 29.9 Å². The van der Waals surface area contributed by atoms with Crippen LogP contribution in [-0.4, -0.2) is 42.5 Å². The van der Waals surface area contributed by atoms with Gasteiger partial charge in [0.2, 0.25) is 0 Å². The molecule has 0 aliphatic heterocycles.